The third-order valence-corrected chi connectivity index (χ3v) is 1.64. The van der Waals surface area contributed by atoms with Crippen LogP contribution in [0.3, 0.4) is 0 Å². The van der Waals surface area contributed by atoms with Gasteiger partial charge in [-0.15, -0.1) is 0 Å². The average Bonchev–Trinajstić information content (AvgIpc) is 2.27. The molecule has 0 amide bonds. The van der Waals surface area contributed by atoms with Crippen molar-refractivity contribution in [3.05, 3.63) is 18.5 Å². The minimum absolute atomic E-state index is 1.01. The zero-order valence-electron chi connectivity index (χ0n) is 6.57. The van der Waals surface area contributed by atoms with Gasteiger partial charge >= 0.3 is 0 Å². The van der Waals surface area contributed by atoms with E-state index in [0.717, 1.165) is 16.5 Å². The standard InChI is InChI=1S/C7H8BN3/c1-11-4-5-3-9-7(8)2-6(5)10-11/h2-4H,8H2,1H3. The van der Waals surface area contributed by atoms with E-state index < -0.39 is 0 Å². The summed E-state index contributed by atoms with van der Waals surface area (Å²) in [6.45, 7) is 0. The maximum Gasteiger partial charge on any atom is 0.164 e. The monoisotopic (exact) mass is 145 g/mol. The summed E-state index contributed by atoms with van der Waals surface area (Å²) < 4.78 is 1.80. The molecule has 2 heterocycles. The summed E-state index contributed by atoms with van der Waals surface area (Å²) in [6, 6.07) is 1.98. The average molecular weight is 145 g/mol. The van der Waals surface area contributed by atoms with E-state index in [9.17, 15) is 0 Å². The highest BCUT2D eigenvalue weighted by atomic mass is 15.2. The van der Waals surface area contributed by atoms with E-state index in [1.54, 1.807) is 4.68 Å². The molecule has 0 aliphatic heterocycles. The van der Waals surface area contributed by atoms with Crippen LogP contribution in [0.2, 0.25) is 0 Å². The van der Waals surface area contributed by atoms with Crippen molar-refractivity contribution in [3.63, 3.8) is 0 Å². The fraction of sp³-hybridized carbons (Fsp3) is 0.143. The minimum atomic E-state index is 1.01. The van der Waals surface area contributed by atoms with E-state index >= 15 is 0 Å². The van der Waals surface area contributed by atoms with Crippen molar-refractivity contribution >= 4 is 24.3 Å². The molecule has 0 aliphatic carbocycles. The van der Waals surface area contributed by atoms with E-state index in [-0.39, 0.29) is 0 Å². The van der Waals surface area contributed by atoms with Crippen molar-refractivity contribution in [3.8, 4) is 0 Å². The van der Waals surface area contributed by atoms with Gasteiger partial charge in [-0.3, -0.25) is 9.67 Å². The number of hydrogen-bond donors (Lipinski definition) is 0. The molecule has 2 rings (SSSR count). The Morgan fingerprint density at radius 3 is 3.18 bits per heavy atom. The second kappa shape index (κ2) is 2.08. The number of aryl methyl sites for hydroxylation is 1. The molecule has 2 aromatic heterocycles. The largest absolute Gasteiger partial charge is 0.275 e. The summed E-state index contributed by atoms with van der Waals surface area (Å²) in [7, 11) is 3.88. The highest BCUT2D eigenvalue weighted by molar-refractivity contribution is 6.31. The predicted octanol–water partition coefficient (Wildman–Crippen LogP) is -0.773. The maximum absolute atomic E-state index is 4.25. The molecule has 0 aliphatic rings. The minimum Gasteiger partial charge on any atom is -0.275 e. The van der Waals surface area contributed by atoms with Gasteiger partial charge in [-0.1, -0.05) is 0 Å². The van der Waals surface area contributed by atoms with Crippen LogP contribution in [0, 0.1) is 0 Å². The van der Waals surface area contributed by atoms with E-state index in [2.05, 4.69) is 10.1 Å². The van der Waals surface area contributed by atoms with Gasteiger partial charge in [0.05, 0.1) is 5.52 Å². The van der Waals surface area contributed by atoms with Crippen LogP contribution >= 0.6 is 0 Å². The number of fused-ring (bicyclic) bond motifs is 1. The summed E-state index contributed by atoms with van der Waals surface area (Å²) in [5.74, 6) is 0. The van der Waals surface area contributed by atoms with Crippen LogP contribution in [-0.4, -0.2) is 22.6 Å². The molecule has 0 atom stereocenters. The lowest BCUT2D eigenvalue weighted by molar-refractivity contribution is 0.780. The third-order valence-electron chi connectivity index (χ3n) is 1.64. The van der Waals surface area contributed by atoms with Crippen LogP contribution in [0.4, 0.5) is 0 Å². The van der Waals surface area contributed by atoms with Crippen LogP contribution in [0.15, 0.2) is 18.5 Å². The zero-order chi connectivity index (χ0) is 7.84. The van der Waals surface area contributed by atoms with Crippen LogP contribution in [0.5, 0.6) is 0 Å². The van der Waals surface area contributed by atoms with E-state index in [1.165, 1.54) is 0 Å². The number of aromatic nitrogens is 3. The Morgan fingerprint density at radius 2 is 2.36 bits per heavy atom. The first-order valence-corrected chi connectivity index (χ1v) is 3.52. The third kappa shape index (κ3) is 1.00. The Kier molecular flexibility index (Phi) is 1.21. The smallest absolute Gasteiger partial charge is 0.164 e. The molecule has 0 bridgehead atoms. The summed E-state index contributed by atoms with van der Waals surface area (Å²) in [4.78, 5) is 4.17. The predicted molar refractivity (Wildman–Crippen MR) is 46.7 cm³/mol. The SMILES string of the molecule is Bc1cc2nn(C)cc2cn1. The lowest BCUT2D eigenvalue weighted by Gasteiger charge is -1.88. The Bertz CT molecular complexity index is 393. The summed E-state index contributed by atoms with van der Waals surface area (Å²) >= 11 is 0. The molecule has 2 aromatic rings. The van der Waals surface area contributed by atoms with E-state index in [0.29, 0.717) is 0 Å². The highest BCUT2D eigenvalue weighted by Gasteiger charge is 1.97. The van der Waals surface area contributed by atoms with Crippen LogP contribution < -0.4 is 5.59 Å². The molecule has 0 saturated heterocycles. The van der Waals surface area contributed by atoms with Gasteiger partial charge in [0, 0.05) is 24.8 Å². The quantitative estimate of drug-likeness (QED) is 0.455. The van der Waals surface area contributed by atoms with E-state index in [4.69, 9.17) is 0 Å². The van der Waals surface area contributed by atoms with Crippen molar-refractivity contribution < 1.29 is 0 Å². The molecule has 0 saturated carbocycles. The van der Waals surface area contributed by atoms with Gasteiger partial charge < -0.3 is 0 Å². The maximum atomic E-state index is 4.25. The summed E-state index contributed by atoms with van der Waals surface area (Å²) in [5.41, 5.74) is 2.02. The van der Waals surface area contributed by atoms with Gasteiger partial charge in [-0.25, -0.2) is 0 Å². The first-order valence-electron chi connectivity index (χ1n) is 3.52. The molecular formula is C7H8BN3. The second-order valence-corrected chi connectivity index (χ2v) is 2.69. The molecular weight excluding hydrogens is 137 g/mol. The molecule has 4 heteroatoms. The van der Waals surface area contributed by atoms with Gasteiger partial charge in [0.1, 0.15) is 0 Å². The lowest BCUT2D eigenvalue weighted by atomic mass is 10.0. The van der Waals surface area contributed by atoms with Gasteiger partial charge in [0.2, 0.25) is 0 Å². The summed E-state index contributed by atoms with van der Waals surface area (Å²) in [6.07, 6.45) is 3.80. The topological polar surface area (TPSA) is 30.7 Å². The van der Waals surface area contributed by atoms with Crippen LogP contribution in [0.25, 0.3) is 10.9 Å². The van der Waals surface area contributed by atoms with Crippen LogP contribution in [-0.2, 0) is 7.05 Å². The highest BCUT2D eigenvalue weighted by Crippen LogP contribution is 2.06. The van der Waals surface area contributed by atoms with Gasteiger partial charge in [-0.05, 0) is 11.7 Å². The zero-order valence-corrected chi connectivity index (χ0v) is 6.57. The first kappa shape index (κ1) is 6.40. The number of nitrogens with zero attached hydrogens (tertiary/aromatic N) is 3. The van der Waals surface area contributed by atoms with Crippen LogP contribution in [0.1, 0.15) is 0 Å². The van der Waals surface area contributed by atoms with Crippen molar-refractivity contribution in [1.82, 2.24) is 14.8 Å². The number of pyridine rings is 1. The molecule has 0 aromatic carbocycles. The van der Waals surface area contributed by atoms with Crippen molar-refractivity contribution in [2.45, 2.75) is 0 Å². The number of rotatable bonds is 0. The molecule has 0 N–H and O–H groups in total. The van der Waals surface area contributed by atoms with Crippen molar-refractivity contribution in [2.24, 2.45) is 7.05 Å². The fourth-order valence-electron chi connectivity index (χ4n) is 1.14. The Balaban J connectivity index is 2.82. The van der Waals surface area contributed by atoms with E-state index in [1.807, 2.05) is 33.4 Å². The molecule has 3 nitrogen and oxygen atoms in total. The Morgan fingerprint density at radius 1 is 1.55 bits per heavy atom. The Hall–Kier alpha value is -1.32. The molecule has 0 radical (unpaired) electrons. The molecule has 0 fully saturated rings. The van der Waals surface area contributed by atoms with Crippen molar-refractivity contribution in [2.75, 3.05) is 0 Å². The first-order chi connectivity index (χ1) is 5.25. The van der Waals surface area contributed by atoms with Gasteiger partial charge in [-0.2, -0.15) is 5.10 Å². The molecule has 11 heavy (non-hydrogen) atoms. The van der Waals surface area contributed by atoms with Crippen molar-refractivity contribution in [1.29, 1.82) is 0 Å². The number of hydrogen-bond acceptors (Lipinski definition) is 2. The molecule has 0 spiro atoms. The Labute approximate surface area is 65.5 Å². The second-order valence-electron chi connectivity index (χ2n) is 2.69. The molecule has 0 unspecified atom stereocenters. The fourth-order valence-corrected chi connectivity index (χ4v) is 1.14. The van der Waals surface area contributed by atoms with Gasteiger partial charge in [0.15, 0.2) is 7.85 Å². The molecule has 54 valence electrons. The van der Waals surface area contributed by atoms with Gasteiger partial charge in [0.25, 0.3) is 0 Å². The normalized spacial score (nSPS) is 10.6. The summed E-state index contributed by atoms with van der Waals surface area (Å²) in [5, 5.41) is 5.35. The lowest BCUT2D eigenvalue weighted by Crippen LogP contribution is -2.05.